The van der Waals surface area contributed by atoms with Gasteiger partial charge in [0.1, 0.15) is 23.8 Å². The van der Waals surface area contributed by atoms with E-state index >= 15 is 0 Å². The Morgan fingerprint density at radius 3 is 2.23 bits per heavy atom. The van der Waals surface area contributed by atoms with Gasteiger partial charge >= 0.3 is 0 Å². The maximum atomic E-state index is 13.7. The van der Waals surface area contributed by atoms with Gasteiger partial charge in [0.05, 0.1) is 12.2 Å². The molecular weight excluding hydrogens is 409 g/mol. The van der Waals surface area contributed by atoms with E-state index in [9.17, 15) is 18.0 Å². The molecule has 0 aliphatic carbocycles. The molecule has 0 bridgehead atoms. The number of alkyl halides is 2. The predicted molar refractivity (Wildman–Crippen MR) is 112 cm³/mol. The van der Waals surface area contributed by atoms with E-state index in [0.29, 0.717) is 32.0 Å². The van der Waals surface area contributed by atoms with E-state index in [0.717, 1.165) is 5.82 Å². The topological polar surface area (TPSA) is 64.6 Å². The van der Waals surface area contributed by atoms with Gasteiger partial charge in [0.2, 0.25) is 5.91 Å². The molecule has 2 fully saturated rings. The van der Waals surface area contributed by atoms with Crippen LogP contribution in [0, 0.1) is 5.82 Å². The fourth-order valence-corrected chi connectivity index (χ4v) is 3.84. The van der Waals surface area contributed by atoms with Crippen molar-refractivity contribution in [3.8, 4) is 0 Å². The minimum absolute atomic E-state index is 0.167. The molecule has 4 rings (SSSR count). The van der Waals surface area contributed by atoms with E-state index in [-0.39, 0.29) is 44.1 Å². The molecule has 2 aliphatic rings. The molecule has 0 spiro atoms. The van der Waals surface area contributed by atoms with E-state index < -0.39 is 11.7 Å². The molecule has 1 N–H and O–H groups in total. The monoisotopic (exact) mass is 434 g/mol. The molecule has 0 saturated carbocycles. The highest BCUT2D eigenvalue weighted by molar-refractivity contribution is 5.92. The third-order valence-corrected chi connectivity index (χ3v) is 5.67. The molecule has 2 aromatic rings. The Morgan fingerprint density at radius 2 is 1.58 bits per heavy atom. The van der Waals surface area contributed by atoms with Crippen LogP contribution in [-0.4, -0.2) is 72.5 Å². The second-order valence-electron chi connectivity index (χ2n) is 7.87. The van der Waals surface area contributed by atoms with Gasteiger partial charge in [-0.25, -0.2) is 23.1 Å². The number of carbonyl (C=O) groups is 1. The standard InChI is InChI=1S/C21H25F3N6O/c22-16-3-1-2-4-17(16)27-20(31)14-28-9-11-30(12-10-28)19-13-18(25-15-26-19)29-7-5-21(23,24)6-8-29/h1-4,13,15H,5-12,14H2,(H,27,31). The number of amides is 1. The lowest BCUT2D eigenvalue weighted by atomic mass is 10.1. The number of rotatable bonds is 5. The van der Waals surface area contributed by atoms with Crippen LogP contribution in [-0.2, 0) is 4.79 Å². The summed E-state index contributed by atoms with van der Waals surface area (Å²) in [5.41, 5.74) is 0.176. The summed E-state index contributed by atoms with van der Waals surface area (Å²) in [6, 6.07) is 7.91. The Morgan fingerprint density at radius 1 is 0.968 bits per heavy atom. The van der Waals surface area contributed by atoms with E-state index in [2.05, 4.69) is 20.2 Å². The van der Waals surface area contributed by atoms with Crippen LogP contribution in [0.3, 0.4) is 0 Å². The molecule has 1 aromatic heterocycles. The fraction of sp³-hybridized carbons (Fsp3) is 0.476. The molecule has 3 heterocycles. The van der Waals surface area contributed by atoms with Crippen LogP contribution in [0.4, 0.5) is 30.5 Å². The number of halogens is 3. The zero-order chi connectivity index (χ0) is 21.8. The number of hydrogen-bond donors (Lipinski definition) is 1. The number of hydrogen-bond acceptors (Lipinski definition) is 6. The van der Waals surface area contributed by atoms with Gasteiger partial charge in [0.25, 0.3) is 5.92 Å². The van der Waals surface area contributed by atoms with Crippen molar-refractivity contribution >= 4 is 23.2 Å². The first-order valence-electron chi connectivity index (χ1n) is 10.4. The van der Waals surface area contributed by atoms with Crippen LogP contribution in [0.25, 0.3) is 0 Å². The molecule has 1 amide bonds. The maximum absolute atomic E-state index is 13.7. The Bertz CT molecular complexity index is 909. The molecular formula is C21H25F3N6O. The van der Waals surface area contributed by atoms with E-state index in [1.807, 2.05) is 15.9 Å². The fourth-order valence-electron chi connectivity index (χ4n) is 3.84. The summed E-state index contributed by atoms with van der Waals surface area (Å²) in [6.45, 7) is 3.37. The molecule has 0 radical (unpaired) electrons. The van der Waals surface area contributed by atoms with Gasteiger partial charge in [-0.15, -0.1) is 0 Å². The number of benzene rings is 1. The third-order valence-electron chi connectivity index (χ3n) is 5.67. The van der Waals surface area contributed by atoms with Crippen LogP contribution in [0.15, 0.2) is 36.7 Å². The van der Waals surface area contributed by atoms with Crippen LogP contribution >= 0.6 is 0 Å². The number of anilines is 3. The van der Waals surface area contributed by atoms with Gasteiger partial charge in [-0.1, -0.05) is 12.1 Å². The van der Waals surface area contributed by atoms with Gasteiger partial charge in [0, 0.05) is 58.2 Å². The number of aromatic nitrogens is 2. The first-order chi connectivity index (χ1) is 14.9. The number of nitrogens with zero attached hydrogens (tertiary/aromatic N) is 5. The molecule has 2 aliphatic heterocycles. The van der Waals surface area contributed by atoms with Crippen LogP contribution < -0.4 is 15.1 Å². The molecule has 0 atom stereocenters. The van der Waals surface area contributed by atoms with Crippen molar-refractivity contribution in [1.29, 1.82) is 0 Å². The largest absolute Gasteiger partial charge is 0.356 e. The molecule has 0 unspecified atom stereocenters. The minimum atomic E-state index is -2.60. The number of para-hydroxylation sites is 1. The summed E-state index contributed by atoms with van der Waals surface area (Å²) < 4.78 is 40.5. The Hall–Kier alpha value is -2.88. The van der Waals surface area contributed by atoms with Crippen molar-refractivity contribution in [2.75, 3.05) is 60.9 Å². The van der Waals surface area contributed by atoms with Crippen LogP contribution in [0.1, 0.15) is 12.8 Å². The molecule has 31 heavy (non-hydrogen) atoms. The van der Waals surface area contributed by atoms with Gasteiger partial charge < -0.3 is 15.1 Å². The Kier molecular flexibility index (Phi) is 6.26. The highest BCUT2D eigenvalue weighted by Crippen LogP contribution is 2.30. The van der Waals surface area contributed by atoms with Gasteiger partial charge in [0.15, 0.2) is 0 Å². The third kappa shape index (κ3) is 5.43. The smallest absolute Gasteiger partial charge is 0.251 e. The summed E-state index contributed by atoms with van der Waals surface area (Å²) in [5, 5.41) is 2.60. The van der Waals surface area contributed by atoms with Crippen molar-refractivity contribution in [3.05, 3.63) is 42.5 Å². The second-order valence-corrected chi connectivity index (χ2v) is 7.87. The van der Waals surface area contributed by atoms with Crippen LogP contribution in [0.5, 0.6) is 0 Å². The van der Waals surface area contributed by atoms with Gasteiger partial charge in [-0.2, -0.15) is 0 Å². The lowest BCUT2D eigenvalue weighted by Crippen LogP contribution is -2.49. The molecule has 166 valence electrons. The summed E-state index contributed by atoms with van der Waals surface area (Å²) in [5.74, 6) is -1.91. The number of piperazine rings is 1. The van der Waals surface area contributed by atoms with Crippen molar-refractivity contribution in [3.63, 3.8) is 0 Å². The van der Waals surface area contributed by atoms with Crippen molar-refractivity contribution in [2.45, 2.75) is 18.8 Å². The van der Waals surface area contributed by atoms with Gasteiger partial charge in [-0.05, 0) is 12.1 Å². The Labute approximate surface area is 178 Å². The van der Waals surface area contributed by atoms with E-state index in [4.69, 9.17) is 0 Å². The zero-order valence-corrected chi connectivity index (χ0v) is 17.1. The average molecular weight is 434 g/mol. The highest BCUT2D eigenvalue weighted by Gasteiger charge is 2.34. The number of piperidine rings is 1. The Balaban J connectivity index is 1.29. The van der Waals surface area contributed by atoms with E-state index in [1.54, 1.807) is 12.1 Å². The molecule has 1 aromatic carbocycles. The normalized spacial score (nSPS) is 19.3. The predicted octanol–water partition coefficient (Wildman–Crippen LogP) is 2.61. The quantitative estimate of drug-likeness (QED) is 0.781. The first kappa shape index (κ1) is 21.4. The van der Waals surface area contributed by atoms with Crippen molar-refractivity contribution in [1.82, 2.24) is 14.9 Å². The lowest BCUT2D eigenvalue weighted by molar-refractivity contribution is -0.117. The second kappa shape index (κ2) is 9.09. The summed E-state index contributed by atoms with van der Waals surface area (Å²) in [6.07, 6.45) is 1.13. The van der Waals surface area contributed by atoms with Gasteiger partial charge in [-0.3, -0.25) is 9.69 Å². The maximum Gasteiger partial charge on any atom is 0.251 e. The lowest BCUT2D eigenvalue weighted by Gasteiger charge is -2.36. The van der Waals surface area contributed by atoms with Crippen molar-refractivity contribution < 1.29 is 18.0 Å². The molecule has 10 heteroatoms. The summed E-state index contributed by atoms with van der Waals surface area (Å²) in [7, 11) is 0. The zero-order valence-electron chi connectivity index (χ0n) is 17.1. The number of carbonyl (C=O) groups excluding carboxylic acids is 1. The van der Waals surface area contributed by atoms with E-state index in [1.165, 1.54) is 18.5 Å². The molecule has 7 nitrogen and oxygen atoms in total. The number of nitrogens with one attached hydrogen (secondary N) is 1. The molecule has 2 saturated heterocycles. The SMILES string of the molecule is O=C(CN1CCN(c2cc(N3CCC(F)(F)CC3)ncn2)CC1)Nc1ccccc1F. The minimum Gasteiger partial charge on any atom is -0.356 e. The average Bonchev–Trinajstić information content (AvgIpc) is 2.76. The summed E-state index contributed by atoms with van der Waals surface area (Å²) >= 11 is 0. The van der Waals surface area contributed by atoms with Crippen molar-refractivity contribution in [2.24, 2.45) is 0 Å². The van der Waals surface area contributed by atoms with Crippen LogP contribution in [0.2, 0.25) is 0 Å². The summed E-state index contributed by atoms with van der Waals surface area (Å²) in [4.78, 5) is 26.8. The highest BCUT2D eigenvalue weighted by atomic mass is 19.3. The first-order valence-corrected chi connectivity index (χ1v) is 10.4.